The Labute approximate surface area is 124 Å². The van der Waals surface area contributed by atoms with Crippen LogP contribution in [0.25, 0.3) is 0 Å². The van der Waals surface area contributed by atoms with Gasteiger partial charge in [-0.25, -0.2) is 0 Å². The summed E-state index contributed by atoms with van der Waals surface area (Å²) in [5.41, 5.74) is 1.19. The van der Waals surface area contributed by atoms with Crippen molar-refractivity contribution in [2.45, 2.75) is 38.6 Å². The molecule has 1 N–H and O–H groups in total. The number of halogens is 1. The van der Waals surface area contributed by atoms with Crippen molar-refractivity contribution >= 4 is 17.5 Å². The lowest BCUT2D eigenvalue weighted by Gasteiger charge is -2.37. The van der Waals surface area contributed by atoms with Gasteiger partial charge in [0.1, 0.15) is 5.15 Å². The van der Waals surface area contributed by atoms with Crippen molar-refractivity contribution in [3.05, 3.63) is 28.6 Å². The zero-order valence-corrected chi connectivity index (χ0v) is 12.7. The van der Waals surface area contributed by atoms with Crippen LogP contribution in [0.15, 0.2) is 12.2 Å². The Morgan fingerprint density at radius 2 is 2.30 bits per heavy atom. The fourth-order valence-electron chi connectivity index (χ4n) is 3.48. The first kappa shape index (κ1) is 13.7. The van der Waals surface area contributed by atoms with Crippen LogP contribution < -0.4 is 5.32 Å². The van der Waals surface area contributed by atoms with E-state index in [2.05, 4.69) is 22.6 Å². The van der Waals surface area contributed by atoms with Gasteiger partial charge in [-0.1, -0.05) is 23.8 Å². The van der Waals surface area contributed by atoms with E-state index in [4.69, 9.17) is 11.6 Å². The molecule has 3 rings (SSSR count). The number of rotatable bonds is 2. The predicted octanol–water partition coefficient (Wildman–Crippen LogP) is 2.86. The number of aryl methyl sites for hydroxylation is 2. The molecule has 3 atom stereocenters. The molecule has 4 nitrogen and oxygen atoms in total. The monoisotopic (exact) mass is 293 g/mol. The van der Waals surface area contributed by atoms with Crippen molar-refractivity contribution in [2.75, 3.05) is 0 Å². The zero-order chi connectivity index (χ0) is 14.3. The lowest BCUT2D eigenvalue weighted by molar-refractivity contribution is 0.0902. The van der Waals surface area contributed by atoms with Crippen molar-refractivity contribution in [1.82, 2.24) is 15.1 Å². The largest absolute Gasteiger partial charge is 0.349 e. The smallest absolute Gasteiger partial charge is 0.256 e. The molecule has 108 valence electrons. The number of carbonyl (C=O) groups excluding carboxylic acids is 1. The SMILES string of the molecule is Cc1nn(C)c(Cl)c1C(=O)NC1CCC2CC=CC1C2. The Morgan fingerprint density at radius 3 is 3.00 bits per heavy atom. The third-order valence-electron chi connectivity index (χ3n) is 4.56. The van der Waals surface area contributed by atoms with E-state index in [1.165, 1.54) is 19.3 Å². The Bertz CT molecular complexity index is 564. The summed E-state index contributed by atoms with van der Waals surface area (Å²) in [5.74, 6) is 1.19. The zero-order valence-electron chi connectivity index (χ0n) is 11.9. The minimum Gasteiger partial charge on any atom is -0.349 e. The van der Waals surface area contributed by atoms with Crippen molar-refractivity contribution in [3.63, 3.8) is 0 Å². The number of fused-ring (bicyclic) bond motifs is 2. The third kappa shape index (κ3) is 2.37. The maximum atomic E-state index is 12.5. The van der Waals surface area contributed by atoms with Crippen LogP contribution in [0.1, 0.15) is 41.7 Å². The van der Waals surface area contributed by atoms with E-state index < -0.39 is 0 Å². The molecular formula is C15H20ClN3O. The van der Waals surface area contributed by atoms with Crippen LogP contribution in [0, 0.1) is 18.8 Å². The number of hydrogen-bond donors (Lipinski definition) is 1. The van der Waals surface area contributed by atoms with E-state index in [0.717, 1.165) is 12.3 Å². The highest BCUT2D eigenvalue weighted by atomic mass is 35.5. The fourth-order valence-corrected chi connectivity index (χ4v) is 3.74. The van der Waals surface area contributed by atoms with Gasteiger partial charge in [-0.3, -0.25) is 9.48 Å². The summed E-state index contributed by atoms with van der Waals surface area (Å²) in [4.78, 5) is 12.5. The Balaban J connectivity index is 1.76. The lowest BCUT2D eigenvalue weighted by atomic mass is 9.73. The van der Waals surface area contributed by atoms with Gasteiger partial charge in [0.2, 0.25) is 0 Å². The standard InChI is InChI=1S/C15H20ClN3O/c1-9-13(14(16)19(2)18-9)15(20)17-12-7-6-10-4-3-5-11(12)8-10/h3,5,10-12H,4,6-8H2,1-2H3,(H,17,20). The second-order valence-corrected chi connectivity index (χ2v) is 6.32. The average Bonchev–Trinajstić information content (AvgIpc) is 2.67. The van der Waals surface area contributed by atoms with Crippen molar-refractivity contribution in [3.8, 4) is 0 Å². The molecule has 5 heteroatoms. The second-order valence-electron chi connectivity index (χ2n) is 5.96. The average molecular weight is 294 g/mol. The van der Waals surface area contributed by atoms with Gasteiger partial charge in [0, 0.05) is 13.1 Å². The number of nitrogens with zero attached hydrogens (tertiary/aromatic N) is 2. The molecule has 20 heavy (non-hydrogen) atoms. The summed E-state index contributed by atoms with van der Waals surface area (Å²) in [6.45, 7) is 1.82. The molecule has 1 aromatic rings. The van der Waals surface area contributed by atoms with Crippen molar-refractivity contribution in [1.29, 1.82) is 0 Å². The van der Waals surface area contributed by atoms with Gasteiger partial charge in [-0.05, 0) is 44.4 Å². The quantitative estimate of drug-likeness (QED) is 0.852. The number of allylic oxidation sites excluding steroid dienone is 1. The molecule has 2 bridgehead atoms. The fraction of sp³-hybridized carbons (Fsp3) is 0.600. The normalized spacial score (nSPS) is 28.4. The maximum absolute atomic E-state index is 12.5. The van der Waals surface area contributed by atoms with Crippen LogP contribution in [0.3, 0.4) is 0 Å². The number of hydrogen-bond acceptors (Lipinski definition) is 2. The second kappa shape index (κ2) is 5.24. The van der Waals surface area contributed by atoms with E-state index in [9.17, 15) is 4.79 Å². The van der Waals surface area contributed by atoms with Crippen LogP contribution in [0.2, 0.25) is 5.15 Å². The maximum Gasteiger partial charge on any atom is 0.256 e. The van der Waals surface area contributed by atoms with E-state index in [-0.39, 0.29) is 11.9 Å². The Hall–Kier alpha value is -1.29. The molecule has 0 aromatic carbocycles. The predicted molar refractivity (Wildman–Crippen MR) is 78.8 cm³/mol. The molecule has 1 heterocycles. The van der Waals surface area contributed by atoms with Gasteiger partial charge in [0.15, 0.2) is 0 Å². The first-order chi connectivity index (χ1) is 9.56. The minimum absolute atomic E-state index is 0.0944. The summed E-state index contributed by atoms with van der Waals surface area (Å²) in [7, 11) is 1.75. The topological polar surface area (TPSA) is 46.9 Å². The number of nitrogens with one attached hydrogen (secondary N) is 1. The molecule has 1 aromatic heterocycles. The molecule has 0 spiro atoms. The van der Waals surface area contributed by atoms with Crippen LogP contribution in [-0.4, -0.2) is 21.7 Å². The first-order valence-electron chi connectivity index (χ1n) is 7.23. The number of aromatic nitrogens is 2. The number of amides is 1. The van der Waals surface area contributed by atoms with E-state index in [1.807, 2.05) is 6.92 Å². The Morgan fingerprint density at radius 1 is 1.50 bits per heavy atom. The summed E-state index contributed by atoms with van der Waals surface area (Å²) in [6.07, 6.45) is 9.18. The molecule has 0 saturated heterocycles. The van der Waals surface area contributed by atoms with Crippen LogP contribution in [0.4, 0.5) is 0 Å². The molecule has 1 saturated carbocycles. The molecule has 2 aliphatic carbocycles. The van der Waals surface area contributed by atoms with Gasteiger partial charge in [0.05, 0.1) is 11.3 Å². The van der Waals surface area contributed by atoms with Crippen LogP contribution >= 0.6 is 11.6 Å². The molecule has 0 radical (unpaired) electrons. The molecule has 1 amide bonds. The molecule has 0 aliphatic heterocycles. The van der Waals surface area contributed by atoms with Crippen LogP contribution in [0.5, 0.6) is 0 Å². The van der Waals surface area contributed by atoms with E-state index >= 15 is 0 Å². The lowest BCUT2D eigenvalue weighted by Crippen LogP contribution is -2.44. The van der Waals surface area contributed by atoms with Crippen molar-refractivity contribution < 1.29 is 4.79 Å². The highest BCUT2D eigenvalue weighted by Crippen LogP contribution is 2.36. The number of carbonyl (C=O) groups is 1. The van der Waals surface area contributed by atoms with Crippen molar-refractivity contribution in [2.24, 2.45) is 18.9 Å². The summed E-state index contributed by atoms with van der Waals surface area (Å²) >= 11 is 6.16. The third-order valence-corrected chi connectivity index (χ3v) is 4.99. The van der Waals surface area contributed by atoms with Gasteiger partial charge >= 0.3 is 0 Å². The summed E-state index contributed by atoms with van der Waals surface area (Å²) < 4.78 is 1.54. The highest BCUT2D eigenvalue weighted by molar-refractivity contribution is 6.33. The van der Waals surface area contributed by atoms with Gasteiger partial charge in [-0.2, -0.15) is 5.10 Å². The molecular weight excluding hydrogens is 274 g/mol. The summed E-state index contributed by atoms with van der Waals surface area (Å²) in [5, 5.41) is 7.76. The first-order valence-corrected chi connectivity index (χ1v) is 7.60. The van der Waals surface area contributed by atoms with Gasteiger partial charge < -0.3 is 5.32 Å². The molecule has 3 unspecified atom stereocenters. The minimum atomic E-state index is -0.0944. The van der Waals surface area contributed by atoms with E-state index in [0.29, 0.717) is 22.3 Å². The molecule has 2 aliphatic rings. The van der Waals surface area contributed by atoms with Gasteiger partial charge in [-0.15, -0.1) is 0 Å². The van der Waals surface area contributed by atoms with E-state index in [1.54, 1.807) is 11.7 Å². The summed E-state index contributed by atoms with van der Waals surface area (Å²) in [6, 6.07) is 0.228. The highest BCUT2D eigenvalue weighted by Gasteiger charge is 2.32. The Kier molecular flexibility index (Phi) is 3.59. The molecule has 1 fully saturated rings. The van der Waals surface area contributed by atoms with Crippen LogP contribution in [-0.2, 0) is 7.05 Å². The van der Waals surface area contributed by atoms with Gasteiger partial charge in [0.25, 0.3) is 5.91 Å².